The minimum Gasteiger partial charge on any atom is -0.496 e. The molecule has 1 unspecified atom stereocenters. The number of hydrogen-bond donors (Lipinski definition) is 1. The quantitative estimate of drug-likeness (QED) is 0.743. The lowest BCUT2D eigenvalue weighted by atomic mass is 9.99. The van der Waals surface area contributed by atoms with Gasteiger partial charge in [-0.25, -0.2) is 4.39 Å². The average molecular weight is 283 g/mol. The summed E-state index contributed by atoms with van der Waals surface area (Å²) in [6.45, 7) is 3.99. The molecule has 0 radical (unpaired) electrons. The second-order valence-corrected chi connectivity index (χ2v) is 5.20. The zero-order chi connectivity index (χ0) is 15.1. The van der Waals surface area contributed by atoms with Crippen molar-refractivity contribution in [1.82, 2.24) is 0 Å². The van der Waals surface area contributed by atoms with Crippen LogP contribution in [0.3, 0.4) is 0 Å². The summed E-state index contributed by atoms with van der Waals surface area (Å²) in [5, 5.41) is 0. The fourth-order valence-corrected chi connectivity index (χ4v) is 2.36. The highest BCUT2D eigenvalue weighted by Crippen LogP contribution is 2.34. The molecule has 2 N–H and O–H groups in total. The van der Waals surface area contributed by atoms with Gasteiger partial charge in [0.05, 0.1) is 14.2 Å². The van der Waals surface area contributed by atoms with Crippen LogP contribution in [0.1, 0.15) is 44.2 Å². The fraction of sp³-hybridized carbons (Fsp3) is 0.625. The van der Waals surface area contributed by atoms with Crippen LogP contribution >= 0.6 is 0 Å². The van der Waals surface area contributed by atoms with Crippen LogP contribution in [0.15, 0.2) is 6.07 Å². The summed E-state index contributed by atoms with van der Waals surface area (Å²) in [7, 11) is 3.06. The Morgan fingerprint density at radius 2 is 1.95 bits per heavy atom. The summed E-state index contributed by atoms with van der Waals surface area (Å²) in [4.78, 5) is 0. The number of ether oxygens (including phenoxy) is 2. The molecule has 0 bridgehead atoms. The van der Waals surface area contributed by atoms with Crippen molar-refractivity contribution in [2.75, 3.05) is 14.2 Å². The van der Waals surface area contributed by atoms with E-state index in [-0.39, 0.29) is 11.9 Å². The molecule has 1 rings (SSSR count). The van der Waals surface area contributed by atoms with E-state index in [1.807, 2.05) is 13.0 Å². The molecule has 0 aromatic heterocycles. The van der Waals surface area contributed by atoms with Crippen LogP contribution < -0.4 is 15.2 Å². The summed E-state index contributed by atoms with van der Waals surface area (Å²) in [5.74, 6) is 0.556. The van der Waals surface area contributed by atoms with E-state index in [1.54, 1.807) is 7.11 Å². The van der Waals surface area contributed by atoms with Crippen LogP contribution in [0.5, 0.6) is 11.5 Å². The molecular weight excluding hydrogens is 257 g/mol. The molecule has 0 spiro atoms. The summed E-state index contributed by atoms with van der Waals surface area (Å²) in [6, 6.07) is 1.75. The van der Waals surface area contributed by atoms with Gasteiger partial charge in [-0.1, -0.05) is 19.8 Å². The summed E-state index contributed by atoms with van der Waals surface area (Å²) >= 11 is 0. The molecule has 0 aliphatic rings. The largest absolute Gasteiger partial charge is 0.496 e. The third-order valence-corrected chi connectivity index (χ3v) is 3.36. The van der Waals surface area contributed by atoms with Crippen LogP contribution in [0, 0.1) is 5.82 Å². The van der Waals surface area contributed by atoms with Crippen LogP contribution in [-0.2, 0) is 12.8 Å². The number of aryl methyl sites for hydroxylation is 1. The van der Waals surface area contributed by atoms with Crippen molar-refractivity contribution >= 4 is 0 Å². The van der Waals surface area contributed by atoms with E-state index in [9.17, 15) is 4.39 Å². The Balaban J connectivity index is 3.16. The van der Waals surface area contributed by atoms with Gasteiger partial charge in [-0.15, -0.1) is 0 Å². The van der Waals surface area contributed by atoms with E-state index < -0.39 is 0 Å². The predicted molar refractivity (Wildman–Crippen MR) is 80.1 cm³/mol. The lowest BCUT2D eigenvalue weighted by molar-refractivity contribution is 0.365. The topological polar surface area (TPSA) is 44.5 Å². The zero-order valence-electron chi connectivity index (χ0n) is 13.0. The Kier molecular flexibility index (Phi) is 6.79. The van der Waals surface area contributed by atoms with Gasteiger partial charge in [0.1, 0.15) is 5.75 Å². The number of hydrogen-bond acceptors (Lipinski definition) is 3. The highest BCUT2D eigenvalue weighted by molar-refractivity contribution is 5.48. The summed E-state index contributed by atoms with van der Waals surface area (Å²) in [6.07, 6.45) is 4.49. The third kappa shape index (κ3) is 4.10. The van der Waals surface area contributed by atoms with E-state index in [0.717, 1.165) is 31.2 Å². The van der Waals surface area contributed by atoms with Gasteiger partial charge in [0.25, 0.3) is 0 Å². The Morgan fingerprint density at radius 3 is 2.45 bits per heavy atom. The molecule has 4 heteroatoms. The highest BCUT2D eigenvalue weighted by atomic mass is 19.1. The van der Waals surface area contributed by atoms with Crippen LogP contribution in [0.4, 0.5) is 4.39 Å². The molecule has 0 saturated carbocycles. The Labute approximate surface area is 121 Å². The number of halogens is 1. The van der Waals surface area contributed by atoms with Gasteiger partial charge in [-0.05, 0) is 32.3 Å². The molecule has 0 saturated heterocycles. The summed E-state index contributed by atoms with van der Waals surface area (Å²) < 4.78 is 25.2. The highest BCUT2D eigenvalue weighted by Gasteiger charge is 2.20. The van der Waals surface area contributed by atoms with Crippen LogP contribution in [-0.4, -0.2) is 20.3 Å². The molecule has 0 fully saturated rings. The van der Waals surface area contributed by atoms with Crippen LogP contribution in [0.2, 0.25) is 0 Å². The first-order valence-corrected chi connectivity index (χ1v) is 7.22. The molecule has 1 aromatic rings. The van der Waals surface area contributed by atoms with E-state index in [4.69, 9.17) is 15.2 Å². The van der Waals surface area contributed by atoms with E-state index in [0.29, 0.717) is 23.5 Å². The van der Waals surface area contributed by atoms with Crippen molar-refractivity contribution in [1.29, 1.82) is 0 Å². The van der Waals surface area contributed by atoms with Gasteiger partial charge >= 0.3 is 0 Å². The molecule has 0 aliphatic carbocycles. The van der Waals surface area contributed by atoms with Gasteiger partial charge in [0.15, 0.2) is 11.6 Å². The number of rotatable bonds is 8. The number of unbranched alkanes of at least 4 members (excludes halogenated alkanes) is 2. The molecule has 0 aliphatic heterocycles. The van der Waals surface area contributed by atoms with Crippen molar-refractivity contribution in [2.24, 2.45) is 5.73 Å². The normalized spacial score (nSPS) is 12.3. The lowest BCUT2D eigenvalue weighted by Crippen LogP contribution is -2.19. The maximum atomic E-state index is 14.6. The van der Waals surface area contributed by atoms with Crippen LogP contribution in [0.25, 0.3) is 0 Å². The maximum Gasteiger partial charge on any atom is 0.172 e. The number of benzene rings is 1. The zero-order valence-corrected chi connectivity index (χ0v) is 13.0. The van der Waals surface area contributed by atoms with E-state index in [1.165, 1.54) is 7.11 Å². The number of nitrogens with two attached hydrogens (primary N) is 1. The average Bonchev–Trinajstić information content (AvgIpc) is 2.41. The number of methoxy groups -OCH3 is 2. The Morgan fingerprint density at radius 1 is 1.25 bits per heavy atom. The second kappa shape index (κ2) is 8.10. The molecule has 114 valence electrons. The molecular formula is C16H26FNO2. The Hall–Kier alpha value is -1.29. The SMILES string of the molecule is CCCCCc1cc(OC)c(CC(C)N)c(F)c1OC. The van der Waals surface area contributed by atoms with Crippen molar-refractivity contribution in [3.63, 3.8) is 0 Å². The molecule has 0 amide bonds. The standard InChI is InChI=1S/C16H26FNO2/c1-5-6-7-8-12-10-14(19-3)13(9-11(2)18)15(17)16(12)20-4/h10-11H,5-9,18H2,1-4H3. The van der Waals surface area contributed by atoms with E-state index in [2.05, 4.69) is 6.92 Å². The minimum absolute atomic E-state index is 0.131. The van der Waals surface area contributed by atoms with Gasteiger partial charge in [-0.3, -0.25) is 0 Å². The first-order valence-electron chi connectivity index (χ1n) is 7.22. The van der Waals surface area contributed by atoms with E-state index >= 15 is 0 Å². The summed E-state index contributed by atoms with van der Waals surface area (Å²) in [5.41, 5.74) is 7.14. The first-order chi connectivity index (χ1) is 9.54. The minimum atomic E-state index is -0.337. The first kappa shape index (κ1) is 16.8. The predicted octanol–water partition coefficient (Wildman–Crippen LogP) is 3.47. The van der Waals surface area contributed by atoms with Crippen molar-refractivity contribution in [3.8, 4) is 11.5 Å². The monoisotopic (exact) mass is 283 g/mol. The molecule has 1 aromatic carbocycles. The molecule has 3 nitrogen and oxygen atoms in total. The fourth-order valence-electron chi connectivity index (χ4n) is 2.36. The lowest BCUT2D eigenvalue weighted by Gasteiger charge is -2.17. The van der Waals surface area contributed by atoms with Crippen molar-refractivity contribution in [3.05, 3.63) is 23.0 Å². The second-order valence-electron chi connectivity index (χ2n) is 5.20. The van der Waals surface area contributed by atoms with Crippen molar-refractivity contribution < 1.29 is 13.9 Å². The van der Waals surface area contributed by atoms with Gasteiger partial charge in [-0.2, -0.15) is 0 Å². The van der Waals surface area contributed by atoms with Gasteiger partial charge in [0, 0.05) is 17.2 Å². The molecule has 20 heavy (non-hydrogen) atoms. The smallest absolute Gasteiger partial charge is 0.172 e. The van der Waals surface area contributed by atoms with Gasteiger partial charge < -0.3 is 15.2 Å². The molecule has 0 heterocycles. The Bertz CT molecular complexity index is 433. The molecule has 1 atom stereocenters. The van der Waals surface area contributed by atoms with Gasteiger partial charge in [0.2, 0.25) is 0 Å². The van der Waals surface area contributed by atoms with Crippen molar-refractivity contribution in [2.45, 2.75) is 52.0 Å². The maximum absolute atomic E-state index is 14.6. The third-order valence-electron chi connectivity index (χ3n) is 3.36.